The van der Waals surface area contributed by atoms with Crippen molar-refractivity contribution in [1.82, 2.24) is 5.32 Å². The average Bonchev–Trinajstić information content (AvgIpc) is 2.98. The predicted molar refractivity (Wildman–Crippen MR) is 74.0 cm³/mol. The van der Waals surface area contributed by atoms with Gasteiger partial charge in [0.15, 0.2) is 6.10 Å². The SMILES string of the molecule is CC(Oc1ccc(C(=O)O)cc1)C(=O)NCc1ccco1. The average molecular weight is 289 g/mol. The van der Waals surface area contributed by atoms with Crippen molar-refractivity contribution in [2.24, 2.45) is 0 Å². The zero-order valence-electron chi connectivity index (χ0n) is 11.4. The third-order valence-electron chi connectivity index (χ3n) is 2.80. The van der Waals surface area contributed by atoms with Gasteiger partial charge in [0.05, 0.1) is 18.4 Å². The zero-order chi connectivity index (χ0) is 15.2. The largest absolute Gasteiger partial charge is 0.481 e. The molecule has 0 aliphatic rings. The Morgan fingerprint density at radius 3 is 2.57 bits per heavy atom. The molecule has 0 bridgehead atoms. The molecule has 1 heterocycles. The van der Waals surface area contributed by atoms with Crippen LogP contribution in [0, 0.1) is 0 Å². The number of aromatic carboxylic acids is 1. The zero-order valence-corrected chi connectivity index (χ0v) is 11.4. The summed E-state index contributed by atoms with van der Waals surface area (Å²) in [5, 5.41) is 11.5. The minimum atomic E-state index is -1.01. The van der Waals surface area contributed by atoms with E-state index in [0.29, 0.717) is 11.5 Å². The van der Waals surface area contributed by atoms with Crippen LogP contribution in [0.15, 0.2) is 47.1 Å². The predicted octanol–water partition coefficient (Wildman–Crippen LogP) is 2.06. The summed E-state index contributed by atoms with van der Waals surface area (Å²) in [4.78, 5) is 22.6. The number of carboxylic acids is 1. The number of furan rings is 1. The Morgan fingerprint density at radius 2 is 2.00 bits per heavy atom. The summed E-state index contributed by atoms with van der Waals surface area (Å²) in [5.41, 5.74) is 0.164. The van der Waals surface area contributed by atoms with E-state index < -0.39 is 12.1 Å². The molecule has 0 fully saturated rings. The highest BCUT2D eigenvalue weighted by molar-refractivity contribution is 5.87. The maximum Gasteiger partial charge on any atom is 0.335 e. The van der Waals surface area contributed by atoms with Gasteiger partial charge in [-0.05, 0) is 43.3 Å². The second-order valence-electron chi connectivity index (χ2n) is 4.39. The molecule has 1 amide bonds. The molecule has 1 aromatic carbocycles. The van der Waals surface area contributed by atoms with Crippen LogP contribution in [0.2, 0.25) is 0 Å². The lowest BCUT2D eigenvalue weighted by atomic mass is 10.2. The van der Waals surface area contributed by atoms with Crippen LogP contribution in [-0.2, 0) is 11.3 Å². The molecular weight excluding hydrogens is 274 g/mol. The van der Waals surface area contributed by atoms with E-state index in [4.69, 9.17) is 14.3 Å². The van der Waals surface area contributed by atoms with Gasteiger partial charge in [0, 0.05) is 0 Å². The van der Waals surface area contributed by atoms with Gasteiger partial charge >= 0.3 is 5.97 Å². The van der Waals surface area contributed by atoms with Gasteiger partial charge < -0.3 is 19.6 Å². The number of hydrogen-bond donors (Lipinski definition) is 2. The van der Waals surface area contributed by atoms with Crippen LogP contribution in [0.4, 0.5) is 0 Å². The van der Waals surface area contributed by atoms with Crippen molar-refractivity contribution in [1.29, 1.82) is 0 Å². The van der Waals surface area contributed by atoms with Crippen LogP contribution in [0.3, 0.4) is 0 Å². The molecule has 2 rings (SSSR count). The van der Waals surface area contributed by atoms with Crippen LogP contribution in [0.5, 0.6) is 5.75 Å². The summed E-state index contributed by atoms with van der Waals surface area (Å²) in [5.74, 6) is -0.207. The minimum Gasteiger partial charge on any atom is -0.481 e. The van der Waals surface area contributed by atoms with E-state index >= 15 is 0 Å². The molecule has 1 aromatic heterocycles. The Bertz CT molecular complexity index is 604. The van der Waals surface area contributed by atoms with E-state index in [0.717, 1.165) is 0 Å². The van der Waals surface area contributed by atoms with Crippen LogP contribution >= 0.6 is 0 Å². The first-order chi connectivity index (χ1) is 10.1. The molecule has 0 aliphatic carbocycles. The number of rotatable bonds is 6. The van der Waals surface area contributed by atoms with Crippen molar-refractivity contribution < 1.29 is 23.8 Å². The van der Waals surface area contributed by atoms with Crippen molar-refractivity contribution in [3.05, 3.63) is 54.0 Å². The van der Waals surface area contributed by atoms with Crippen molar-refractivity contribution >= 4 is 11.9 Å². The first kappa shape index (κ1) is 14.6. The number of benzene rings is 1. The molecule has 2 N–H and O–H groups in total. The van der Waals surface area contributed by atoms with Gasteiger partial charge in [-0.25, -0.2) is 4.79 Å². The third kappa shape index (κ3) is 4.10. The highest BCUT2D eigenvalue weighted by Gasteiger charge is 2.15. The van der Waals surface area contributed by atoms with E-state index in [2.05, 4.69) is 5.32 Å². The number of amides is 1. The van der Waals surface area contributed by atoms with Crippen molar-refractivity contribution in [3.63, 3.8) is 0 Å². The Morgan fingerprint density at radius 1 is 1.29 bits per heavy atom. The molecule has 0 radical (unpaired) electrons. The van der Waals surface area contributed by atoms with Gasteiger partial charge in [-0.1, -0.05) is 0 Å². The van der Waals surface area contributed by atoms with Crippen molar-refractivity contribution in [3.8, 4) is 5.75 Å². The lowest BCUT2D eigenvalue weighted by Gasteiger charge is -2.14. The maximum atomic E-state index is 11.8. The second-order valence-corrected chi connectivity index (χ2v) is 4.39. The van der Waals surface area contributed by atoms with Gasteiger partial charge in [-0.3, -0.25) is 4.79 Å². The number of hydrogen-bond acceptors (Lipinski definition) is 4. The number of ether oxygens (including phenoxy) is 1. The number of carbonyl (C=O) groups is 2. The highest BCUT2D eigenvalue weighted by atomic mass is 16.5. The Balaban J connectivity index is 1.86. The highest BCUT2D eigenvalue weighted by Crippen LogP contribution is 2.14. The van der Waals surface area contributed by atoms with E-state index in [1.807, 2.05) is 0 Å². The normalized spacial score (nSPS) is 11.7. The maximum absolute atomic E-state index is 11.8. The topological polar surface area (TPSA) is 88.8 Å². The van der Waals surface area contributed by atoms with E-state index in [1.54, 1.807) is 19.1 Å². The van der Waals surface area contributed by atoms with Crippen LogP contribution in [0.1, 0.15) is 23.0 Å². The quantitative estimate of drug-likeness (QED) is 0.849. The van der Waals surface area contributed by atoms with Crippen LogP contribution < -0.4 is 10.1 Å². The first-order valence-corrected chi connectivity index (χ1v) is 6.36. The van der Waals surface area contributed by atoms with Gasteiger partial charge in [0.1, 0.15) is 11.5 Å². The number of carbonyl (C=O) groups excluding carboxylic acids is 1. The summed E-state index contributed by atoms with van der Waals surface area (Å²) in [6.45, 7) is 1.90. The lowest BCUT2D eigenvalue weighted by molar-refractivity contribution is -0.127. The number of carboxylic acid groups (broad SMARTS) is 1. The Labute approximate surface area is 121 Å². The molecule has 21 heavy (non-hydrogen) atoms. The molecule has 0 aliphatic heterocycles. The molecule has 0 spiro atoms. The summed E-state index contributed by atoms with van der Waals surface area (Å²) in [7, 11) is 0. The Hall–Kier alpha value is -2.76. The van der Waals surface area contributed by atoms with Crippen LogP contribution in [-0.4, -0.2) is 23.1 Å². The molecule has 0 saturated carbocycles. The first-order valence-electron chi connectivity index (χ1n) is 6.36. The summed E-state index contributed by atoms with van der Waals surface area (Å²) >= 11 is 0. The van der Waals surface area contributed by atoms with Crippen molar-refractivity contribution in [2.45, 2.75) is 19.6 Å². The second kappa shape index (κ2) is 6.60. The van der Waals surface area contributed by atoms with E-state index in [9.17, 15) is 9.59 Å². The molecular formula is C15H15NO5. The molecule has 0 saturated heterocycles. The molecule has 2 aromatic rings. The van der Waals surface area contributed by atoms with E-state index in [-0.39, 0.29) is 18.0 Å². The Kier molecular flexibility index (Phi) is 4.61. The molecule has 110 valence electrons. The standard InChI is InChI=1S/C15H15NO5/c1-10(14(17)16-9-13-3-2-8-20-13)21-12-6-4-11(5-7-12)15(18)19/h2-8,10H,9H2,1H3,(H,16,17)(H,18,19). The third-order valence-corrected chi connectivity index (χ3v) is 2.80. The summed E-state index contributed by atoms with van der Waals surface area (Å²) in [6, 6.07) is 9.37. The monoisotopic (exact) mass is 289 g/mol. The van der Waals surface area contributed by atoms with Gasteiger partial charge in [0.25, 0.3) is 5.91 Å². The smallest absolute Gasteiger partial charge is 0.335 e. The minimum absolute atomic E-state index is 0.164. The van der Waals surface area contributed by atoms with Crippen molar-refractivity contribution in [2.75, 3.05) is 0 Å². The van der Waals surface area contributed by atoms with E-state index in [1.165, 1.54) is 30.5 Å². The fourth-order valence-electron chi connectivity index (χ4n) is 1.66. The lowest BCUT2D eigenvalue weighted by Crippen LogP contribution is -2.35. The fraction of sp³-hybridized carbons (Fsp3) is 0.200. The summed E-state index contributed by atoms with van der Waals surface area (Å²) in [6.07, 6.45) is 0.835. The molecule has 1 unspecified atom stereocenters. The van der Waals surface area contributed by atoms with Gasteiger partial charge in [-0.2, -0.15) is 0 Å². The number of nitrogens with one attached hydrogen (secondary N) is 1. The fourth-order valence-corrected chi connectivity index (χ4v) is 1.66. The molecule has 6 heteroatoms. The van der Waals surface area contributed by atoms with Gasteiger partial charge in [-0.15, -0.1) is 0 Å². The van der Waals surface area contributed by atoms with Crippen LogP contribution in [0.25, 0.3) is 0 Å². The molecule has 6 nitrogen and oxygen atoms in total. The van der Waals surface area contributed by atoms with Gasteiger partial charge in [0.2, 0.25) is 0 Å². The molecule has 1 atom stereocenters. The summed E-state index contributed by atoms with van der Waals surface area (Å²) < 4.78 is 10.6.